The Morgan fingerprint density at radius 1 is 1.40 bits per heavy atom. The van der Waals surface area contributed by atoms with Crippen molar-refractivity contribution in [3.63, 3.8) is 0 Å². The Labute approximate surface area is 118 Å². The molecule has 1 aromatic heterocycles. The number of carbonyl (C=O) groups is 1. The Morgan fingerprint density at radius 2 is 2.15 bits per heavy atom. The van der Waals surface area contributed by atoms with Crippen LogP contribution in [0.1, 0.15) is 41.7 Å². The Morgan fingerprint density at radius 3 is 2.80 bits per heavy atom. The van der Waals surface area contributed by atoms with E-state index in [1.54, 1.807) is 6.92 Å². The summed E-state index contributed by atoms with van der Waals surface area (Å²) >= 11 is 0. The molecular weight excluding hydrogens is 254 g/mol. The zero-order valence-electron chi connectivity index (χ0n) is 11.9. The maximum atomic E-state index is 12.2. The normalized spacial score (nSPS) is 12.2. The average Bonchev–Trinajstić information content (AvgIpc) is 2.86. The van der Waals surface area contributed by atoms with Crippen LogP contribution in [0.3, 0.4) is 0 Å². The Balaban J connectivity index is 2.21. The van der Waals surface area contributed by atoms with Gasteiger partial charge >= 0.3 is 0 Å². The minimum atomic E-state index is -0.281. The molecule has 1 amide bonds. The molecule has 0 bridgehead atoms. The van der Waals surface area contributed by atoms with Crippen molar-refractivity contribution in [1.29, 1.82) is 0 Å². The van der Waals surface area contributed by atoms with Crippen LogP contribution in [0.25, 0.3) is 0 Å². The lowest BCUT2D eigenvalue weighted by molar-refractivity contribution is 0.0995. The second kappa shape index (κ2) is 6.34. The third-order valence-electron chi connectivity index (χ3n) is 3.14. The second-order valence-electron chi connectivity index (χ2n) is 4.59. The highest BCUT2D eigenvalue weighted by molar-refractivity contribution is 6.03. The van der Waals surface area contributed by atoms with Gasteiger partial charge in [-0.3, -0.25) is 4.79 Å². The molecule has 0 saturated heterocycles. The maximum absolute atomic E-state index is 12.2. The van der Waals surface area contributed by atoms with Crippen molar-refractivity contribution in [3.05, 3.63) is 47.7 Å². The predicted octanol–water partition coefficient (Wildman–Crippen LogP) is 2.91. The van der Waals surface area contributed by atoms with Gasteiger partial charge in [-0.25, -0.2) is 4.98 Å². The molecule has 0 aliphatic carbocycles. The van der Waals surface area contributed by atoms with Crippen LogP contribution in [0.4, 0.5) is 5.69 Å². The Kier molecular flexibility index (Phi) is 4.53. The largest absolute Gasteiger partial charge is 0.438 e. The van der Waals surface area contributed by atoms with Gasteiger partial charge in [-0.05, 0) is 32.0 Å². The first-order valence-corrected chi connectivity index (χ1v) is 6.67. The minimum absolute atomic E-state index is 0.160. The summed E-state index contributed by atoms with van der Waals surface area (Å²) in [5.74, 6) is -0.0351. The molecule has 106 valence electrons. The van der Waals surface area contributed by atoms with Crippen LogP contribution in [0, 0.1) is 6.92 Å². The van der Waals surface area contributed by atoms with Gasteiger partial charge in [0, 0.05) is 11.7 Å². The van der Waals surface area contributed by atoms with Crippen molar-refractivity contribution in [3.8, 4) is 0 Å². The predicted molar refractivity (Wildman–Crippen MR) is 77.7 cm³/mol. The van der Waals surface area contributed by atoms with Crippen molar-refractivity contribution < 1.29 is 9.21 Å². The summed E-state index contributed by atoms with van der Waals surface area (Å²) in [6.45, 7) is 6.72. The van der Waals surface area contributed by atoms with E-state index in [9.17, 15) is 4.79 Å². The topological polar surface area (TPSA) is 67.2 Å². The van der Waals surface area contributed by atoms with Crippen molar-refractivity contribution in [2.45, 2.75) is 26.8 Å². The number of aromatic nitrogens is 1. The molecule has 1 heterocycles. The average molecular weight is 273 g/mol. The summed E-state index contributed by atoms with van der Waals surface area (Å²) in [4.78, 5) is 16.1. The molecule has 1 aromatic carbocycles. The van der Waals surface area contributed by atoms with Crippen LogP contribution < -0.4 is 10.6 Å². The van der Waals surface area contributed by atoms with Crippen molar-refractivity contribution in [2.24, 2.45) is 0 Å². The molecule has 0 aliphatic heterocycles. The number of nitrogens with one attached hydrogen (secondary N) is 2. The number of nitrogens with zero attached hydrogens (tertiary/aromatic N) is 1. The highest BCUT2D eigenvalue weighted by Gasteiger charge is 2.16. The quantitative estimate of drug-likeness (QED) is 0.879. The molecule has 5 heteroatoms. The van der Waals surface area contributed by atoms with Crippen LogP contribution in [-0.2, 0) is 0 Å². The minimum Gasteiger partial charge on any atom is -0.438 e. The van der Waals surface area contributed by atoms with E-state index in [-0.39, 0.29) is 17.7 Å². The van der Waals surface area contributed by atoms with Crippen LogP contribution in [0.5, 0.6) is 0 Å². The highest BCUT2D eigenvalue weighted by atomic mass is 16.3. The summed E-state index contributed by atoms with van der Waals surface area (Å²) in [5, 5.41) is 6.21. The van der Waals surface area contributed by atoms with Gasteiger partial charge < -0.3 is 15.1 Å². The van der Waals surface area contributed by atoms with Crippen LogP contribution in [0.15, 0.2) is 35.1 Å². The molecule has 0 aliphatic rings. The molecule has 2 N–H and O–H groups in total. The number of benzene rings is 1. The van der Waals surface area contributed by atoms with E-state index >= 15 is 0 Å². The zero-order valence-corrected chi connectivity index (χ0v) is 11.9. The summed E-state index contributed by atoms with van der Waals surface area (Å²) in [7, 11) is 0. The first-order valence-electron chi connectivity index (χ1n) is 6.67. The Hall–Kier alpha value is -2.14. The molecule has 2 aromatic rings. The second-order valence-corrected chi connectivity index (χ2v) is 4.59. The number of aryl methyl sites for hydroxylation is 1. The van der Waals surface area contributed by atoms with Gasteiger partial charge in [-0.2, -0.15) is 0 Å². The fourth-order valence-electron chi connectivity index (χ4n) is 2.10. The van der Waals surface area contributed by atoms with E-state index in [4.69, 9.17) is 4.42 Å². The number of hydrogen-bond donors (Lipinski definition) is 2. The van der Waals surface area contributed by atoms with Gasteiger partial charge in [0.2, 0.25) is 5.76 Å². The summed E-state index contributed by atoms with van der Waals surface area (Å²) in [6, 6.07) is 7.89. The zero-order chi connectivity index (χ0) is 14.5. The molecule has 1 atom stereocenters. The third kappa shape index (κ3) is 3.05. The van der Waals surface area contributed by atoms with Gasteiger partial charge in [-0.15, -0.1) is 0 Å². The molecular formula is C15H19N3O2. The molecule has 0 fully saturated rings. The number of anilines is 1. The standard InChI is InChI=1S/C15H19N3O2/c1-4-16-10(2)12-7-5-6-8-13(12)18-15(19)14-11(3)17-9-20-14/h5-10,16H,4H2,1-3H3,(H,18,19). The van der Waals surface area contributed by atoms with Gasteiger partial charge in [0.15, 0.2) is 6.39 Å². The number of hydrogen-bond acceptors (Lipinski definition) is 4. The smallest absolute Gasteiger partial charge is 0.293 e. The number of amides is 1. The first kappa shape index (κ1) is 14.3. The highest BCUT2D eigenvalue weighted by Crippen LogP contribution is 2.23. The SMILES string of the molecule is CCNC(C)c1ccccc1NC(=O)c1ocnc1C. The lowest BCUT2D eigenvalue weighted by Crippen LogP contribution is -2.20. The van der Waals surface area contributed by atoms with Crippen LogP contribution in [0.2, 0.25) is 0 Å². The van der Waals surface area contributed by atoms with Gasteiger partial charge in [0.1, 0.15) is 0 Å². The summed E-state index contributed by atoms with van der Waals surface area (Å²) < 4.78 is 5.11. The third-order valence-corrected chi connectivity index (χ3v) is 3.14. The molecule has 5 nitrogen and oxygen atoms in total. The van der Waals surface area contributed by atoms with E-state index in [1.165, 1.54) is 6.39 Å². The van der Waals surface area contributed by atoms with E-state index < -0.39 is 0 Å². The van der Waals surface area contributed by atoms with Crippen LogP contribution >= 0.6 is 0 Å². The van der Waals surface area contributed by atoms with Crippen LogP contribution in [-0.4, -0.2) is 17.4 Å². The maximum Gasteiger partial charge on any atom is 0.293 e. The Bertz CT molecular complexity index is 592. The number of oxazole rings is 1. The molecule has 1 unspecified atom stereocenters. The van der Waals surface area contributed by atoms with E-state index in [2.05, 4.69) is 29.5 Å². The summed E-state index contributed by atoms with van der Waals surface area (Å²) in [6.07, 6.45) is 1.28. The van der Waals surface area contributed by atoms with Gasteiger partial charge in [-0.1, -0.05) is 25.1 Å². The molecule has 0 spiro atoms. The van der Waals surface area contributed by atoms with E-state index in [0.29, 0.717) is 5.69 Å². The number of carbonyl (C=O) groups excluding carboxylic acids is 1. The first-order chi connectivity index (χ1) is 9.63. The van der Waals surface area contributed by atoms with Gasteiger partial charge in [0.05, 0.1) is 5.69 Å². The van der Waals surface area contributed by atoms with Crippen molar-refractivity contribution in [1.82, 2.24) is 10.3 Å². The lowest BCUT2D eigenvalue weighted by atomic mass is 10.1. The summed E-state index contributed by atoms with van der Waals surface area (Å²) in [5.41, 5.74) is 2.40. The monoisotopic (exact) mass is 273 g/mol. The fourth-order valence-corrected chi connectivity index (χ4v) is 2.10. The fraction of sp³-hybridized carbons (Fsp3) is 0.333. The lowest BCUT2D eigenvalue weighted by Gasteiger charge is -2.17. The molecule has 0 saturated carbocycles. The van der Waals surface area contributed by atoms with Crippen molar-refractivity contribution >= 4 is 11.6 Å². The van der Waals surface area contributed by atoms with E-state index in [1.807, 2.05) is 24.3 Å². The van der Waals surface area contributed by atoms with Crippen molar-refractivity contribution in [2.75, 3.05) is 11.9 Å². The van der Waals surface area contributed by atoms with Gasteiger partial charge in [0.25, 0.3) is 5.91 Å². The number of rotatable bonds is 5. The number of para-hydroxylation sites is 1. The molecule has 2 rings (SSSR count). The van der Waals surface area contributed by atoms with E-state index in [0.717, 1.165) is 17.8 Å². The molecule has 0 radical (unpaired) electrons. The molecule has 20 heavy (non-hydrogen) atoms.